The normalized spacial score (nSPS) is 26.9. The van der Waals surface area contributed by atoms with E-state index in [0.717, 1.165) is 57.9 Å². The maximum absolute atomic E-state index is 12.9. The zero-order chi connectivity index (χ0) is 20.6. The maximum atomic E-state index is 12.9. The fraction of sp³-hybridized carbons (Fsp3) is 0.500. The number of aromatic nitrogens is 1. The number of nitrogens with one attached hydrogen (secondary N) is 1. The van der Waals surface area contributed by atoms with E-state index in [4.69, 9.17) is 4.74 Å². The second-order valence-electron chi connectivity index (χ2n) is 8.51. The maximum Gasteiger partial charge on any atom is 0.242 e. The quantitative estimate of drug-likeness (QED) is 0.759. The van der Waals surface area contributed by atoms with Gasteiger partial charge in [-0.25, -0.2) is 18.1 Å². The second kappa shape index (κ2) is 8.26. The van der Waals surface area contributed by atoms with Gasteiger partial charge in [-0.3, -0.25) is 4.90 Å². The van der Waals surface area contributed by atoms with Gasteiger partial charge in [0.05, 0.1) is 25.3 Å². The number of likely N-dealkylation sites (tertiary alicyclic amines) is 1. The number of pyridine rings is 1. The highest BCUT2D eigenvalue weighted by molar-refractivity contribution is 7.89. The Kier molecular flexibility index (Phi) is 5.49. The first-order valence-electron chi connectivity index (χ1n) is 10.7. The predicted octanol–water partition coefficient (Wildman–Crippen LogP) is 2.00. The standard InChI is InChI=1S/C22H28N4O3S/c27-30(28,24-18-10-11-25(14-18)13-17-4-2-1-3-5-17)21-8-9-22(23-12-21)26-19-6-7-20(26)16-29-15-19/h1-5,8-9,12,18-20,24H,6-7,10-11,13-16H2/t18-,19-,20+/m1/s1. The Labute approximate surface area is 178 Å². The molecule has 30 heavy (non-hydrogen) atoms. The molecule has 7 nitrogen and oxygen atoms in total. The van der Waals surface area contributed by atoms with E-state index in [2.05, 4.69) is 31.6 Å². The van der Waals surface area contributed by atoms with Crippen LogP contribution in [0.1, 0.15) is 24.8 Å². The van der Waals surface area contributed by atoms with Crippen LogP contribution in [0.3, 0.4) is 0 Å². The summed E-state index contributed by atoms with van der Waals surface area (Å²) in [4.78, 5) is 9.31. The topological polar surface area (TPSA) is 74.8 Å². The van der Waals surface area contributed by atoms with Crippen LogP contribution >= 0.6 is 0 Å². The summed E-state index contributed by atoms with van der Waals surface area (Å²) in [7, 11) is -3.58. The molecular weight excluding hydrogens is 400 g/mol. The van der Waals surface area contributed by atoms with E-state index in [9.17, 15) is 8.42 Å². The van der Waals surface area contributed by atoms with Gasteiger partial charge < -0.3 is 9.64 Å². The monoisotopic (exact) mass is 428 g/mol. The molecule has 1 aromatic carbocycles. The summed E-state index contributed by atoms with van der Waals surface area (Å²) in [6, 6.07) is 14.4. The van der Waals surface area contributed by atoms with Crippen LogP contribution in [-0.2, 0) is 21.3 Å². The third-order valence-electron chi connectivity index (χ3n) is 6.38. The number of fused-ring (bicyclic) bond motifs is 2. The van der Waals surface area contributed by atoms with Crippen LogP contribution < -0.4 is 9.62 Å². The van der Waals surface area contributed by atoms with Crippen molar-refractivity contribution in [3.05, 3.63) is 54.2 Å². The first-order chi connectivity index (χ1) is 14.6. The van der Waals surface area contributed by atoms with Crippen LogP contribution in [0.5, 0.6) is 0 Å². The predicted molar refractivity (Wildman–Crippen MR) is 115 cm³/mol. The Hall–Kier alpha value is -2.00. The highest BCUT2D eigenvalue weighted by Gasteiger charge is 2.38. The number of nitrogens with zero attached hydrogens (tertiary/aromatic N) is 3. The van der Waals surface area contributed by atoms with Crippen LogP contribution in [0, 0.1) is 0 Å². The summed E-state index contributed by atoms with van der Waals surface area (Å²) in [5.41, 5.74) is 1.25. The molecule has 4 heterocycles. The molecule has 3 aliphatic rings. The van der Waals surface area contributed by atoms with E-state index in [1.165, 1.54) is 11.8 Å². The molecular formula is C22H28N4O3S. The first-order valence-corrected chi connectivity index (χ1v) is 12.2. The minimum absolute atomic E-state index is 0.0755. The van der Waals surface area contributed by atoms with Gasteiger partial charge in [0, 0.05) is 31.9 Å². The van der Waals surface area contributed by atoms with Gasteiger partial charge in [0.25, 0.3) is 0 Å². The van der Waals surface area contributed by atoms with Gasteiger partial charge in [-0.2, -0.15) is 0 Å². The molecule has 3 fully saturated rings. The van der Waals surface area contributed by atoms with Gasteiger partial charge in [-0.1, -0.05) is 30.3 Å². The Morgan fingerprint density at radius 3 is 2.50 bits per heavy atom. The molecule has 0 amide bonds. The molecule has 3 saturated heterocycles. The number of ether oxygens (including phenoxy) is 1. The molecule has 0 unspecified atom stereocenters. The Morgan fingerprint density at radius 2 is 1.80 bits per heavy atom. The molecule has 0 saturated carbocycles. The molecule has 1 aromatic heterocycles. The summed E-state index contributed by atoms with van der Waals surface area (Å²) in [5, 5.41) is 0. The van der Waals surface area contributed by atoms with Crippen LogP contribution in [-0.4, -0.2) is 62.7 Å². The summed E-state index contributed by atoms with van der Waals surface area (Å²) in [6.07, 6.45) is 4.52. The van der Waals surface area contributed by atoms with Gasteiger partial charge in [-0.05, 0) is 37.0 Å². The van der Waals surface area contributed by atoms with Crippen LogP contribution in [0.15, 0.2) is 53.6 Å². The molecule has 1 N–H and O–H groups in total. The zero-order valence-corrected chi connectivity index (χ0v) is 17.8. The zero-order valence-electron chi connectivity index (χ0n) is 17.0. The number of anilines is 1. The average Bonchev–Trinajstić information content (AvgIpc) is 3.28. The molecule has 0 spiro atoms. The summed E-state index contributed by atoms with van der Waals surface area (Å²) in [6.45, 7) is 3.90. The largest absolute Gasteiger partial charge is 0.377 e. The molecule has 0 aliphatic carbocycles. The minimum atomic E-state index is -3.58. The Bertz CT molecular complexity index is 952. The van der Waals surface area contributed by atoms with Crippen molar-refractivity contribution in [2.45, 2.75) is 48.8 Å². The number of benzene rings is 1. The third kappa shape index (κ3) is 4.09. The van der Waals surface area contributed by atoms with Crippen molar-refractivity contribution >= 4 is 15.8 Å². The number of morpholine rings is 1. The highest BCUT2D eigenvalue weighted by atomic mass is 32.2. The third-order valence-corrected chi connectivity index (χ3v) is 7.88. The van der Waals surface area contributed by atoms with E-state index in [0.29, 0.717) is 12.1 Å². The first kappa shape index (κ1) is 19.9. The van der Waals surface area contributed by atoms with Gasteiger partial charge in [0.1, 0.15) is 10.7 Å². The van der Waals surface area contributed by atoms with E-state index in [1.807, 2.05) is 24.3 Å². The Morgan fingerprint density at radius 1 is 1.03 bits per heavy atom. The molecule has 0 radical (unpaired) electrons. The van der Waals surface area contributed by atoms with Crippen molar-refractivity contribution in [1.29, 1.82) is 0 Å². The van der Waals surface area contributed by atoms with Crippen LogP contribution in [0.2, 0.25) is 0 Å². The summed E-state index contributed by atoms with van der Waals surface area (Å²) < 4.78 is 34.3. The molecule has 3 atom stereocenters. The van der Waals surface area contributed by atoms with E-state index in [1.54, 1.807) is 6.07 Å². The SMILES string of the molecule is O=S(=O)(N[C@@H]1CCN(Cc2ccccc2)C1)c1ccc(N2[C@@H]3CC[C@H]2COC3)nc1. The lowest BCUT2D eigenvalue weighted by molar-refractivity contribution is 0.0902. The van der Waals surface area contributed by atoms with Gasteiger partial charge in [0.2, 0.25) is 10.0 Å². The Balaban J connectivity index is 1.21. The van der Waals surface area contributed by atoms with Crippen molar-refractivity contribution in [3.8, 4) is 0 Å². The lowest BCUT2D eigenvalue weighted by Gasteiger charge is -2.35. The molecule has 2 bridgehead atoms. The molecule has 3 aliphatic heterocycles. The fourth-order valence-corrected chi connectivity index (χ4v) is 6.09. The number of hydrogen-bond acceptors (Lipinski definition) is 6. The van der Waals surface area contributed by atoms with Gasteiger partial charge >= 0.3 is 0 Å². The van der Waals surface area contributed by atoms with Crippen molar-refractivity contribution in [2.75, 3.05) is 31.2 Å². The lowest BCUT2D eigenvalue weighted by atomic mass is 10.2. The average molecular weight is 429 g/mol. The molecule has 2 aromatic rings. The smallest absolute Gasteiger partial charge is 0.242 e. The molecule has 8 heteroatoms. The van der Waals surface area contributed by atoms with E-state index < -0.39 is 10.0 Å². The number of rotatable bonds is 6. The molecule has 160 valence electrons. The van der Waals surface area contributed by atoms with Gasteiger partial charge in [0.15, 0.2) is 0 Å². The van der Waals surface area contributed by atoms with E-state index >= 15 is 0 Å². The van der Waals surface area contributed by atoms with Crippen LogP contribution in [0.25, 0.3) is 0 Å². The number of sulfonamides is 1. The van der Waals surface area contributed by atoms with Crippen molar-refractivity contribution < 1.29 is 13.2 Å². The summed E-state index contributed by atoms with van der Waals surface area (Å²) >= 11 is 0. The lowest BCUT2D eigenvalue weighted by Crippen LogP contribution is -2.46. The molecule has 5 rings (SSSR count). The van der Waals surface area contributed by atoms with Crippen molar-refractivity contribution in [1.82, 2.24) is 14.6 Å². The highest BCUT2D eigenvalue weighted by Crippen LogP contribution is 2.33. The van der Waals surface area contributed by atoms with Crippen molar-refractivity contribution in [3.63, 3.8) is 0 Å². The van der Waals surface area contributed by atoms with Crippen molar-refractivity contribution in [2.24, 2.45) is 0 Å². The van der Waals surface area contributed by atoms with Gasteiger partial charge in [-0.15, -0.1) is 0 Å². The number of hydrogen-bond donors (Lipinski definition) is 1. The fourth-order valence-electron chi connectivity index (χ4n) is 4.89. The van der Waals surface area contributed by atoms with E-state index in [-0.39, 0.29) is 10.9 Å². The summed E-state index contributed by atoms with van der Waals surface area (Å²) in [5.74, 6) is 0.847. The second-order valence-corrected chi connectivity index (χ2v) is 10.2. The van der Waals surface area contributed by atoms with Crippen LogP contribution in [0.4, 0.5) is 5.82 Å². The minimum Gasteiger partial charge on any atom is -0.377 e.